The summed E-state index contributed by atoms with van der Waals surface area (Å²) < 4.78 is 11.2. The first-order valence-corrected chi connectivity index (χ1v) is 10.9. The number of hydrogen-bond donors (Lipinski definition) is 2. The number of nitrogen functional groups attached to an aromatic ring is 1. The molecule has 0 unspecified atom stereocenters. The van der Waals surface area contributed by atoms with E-state index in [9.17, 15) is 4.79 Å². The molecular weight excluding hydrogens is 408 g/mol. The lowest BCUT2D eigenvalue weighted by atomic mass is 9.94. The standard InChI is InChI=1S/C20H22N4O3S2/c1-20(2)8-11-14(9-27-20)29-18-16(11)17(21)23-19(24-18)28-10-15(25)22-12-6-4-5-7-13(12)26-3/h4-7H,8-10H2,1-3H3,(H,22,25)(H2,21,23,24). The highest BCUT2D eigenvalue weighted by Crippen LogP contribution is 2.40. The molecule has 2 aromatic heterocycles. The van der Waals surface area contributed by atoms with Crippen molar-refractivity contribution in [1.82, 2.24) is 9.97 Å². The van der Waals surface area contributed by atoms with Gasteiger partial charge in [0.05, 0.1) is 36.1 Å². The number of benzene rings is 1. The molecule has 1 aliphatic heterocycles. The molecule has 0 saturated carbocycles. The Balaban J connectivity index is 1.50. The third kappa shape index (κ3) is 4.17. The van der Waals surface area contributed by atoms with Crippen LogP contribution in [0.25, 0.3) is 10.2 Å². The number of anilines is 2. The van der Waals surface area contributed by atoms with Crippen molar-refractivity contribution in [2.24, 2.45) is 0 Å². The number of aromatic nitrogens is 2. The summed E-state index contributed by atoms with van der Waals surface area (Å²) in [6, 6.07) is 7.28. The van der Waals surface area contributed by atoms with E-state index in [0.717, 1.165) is 21.5 Å². The zero-order valence-electron chi connectivity index (χ0n) is 16.4. The minimum atomic E-state index is -0.225. The molecule has 4 rings (SSSR count). The maximum absolute atomic E-state index is 12.3. The second kappa shape index (κ2) is 7.81. The number of rotatable bonds is 5. The van der Waals surface area contributed by atoms with Crippen LogP contribution in [0, 0.1) is 0 Å². The van der Waals surface area contributed by atoms with E-state index >= 15 is 0 Å². The average Bonchev–Trinajstić information content (AvgIpc) is 3.03. The first-order valence-electron chi connectivity index (χ1n) is 9.14. The Morgan fingerprint density at radius 2 is 2.17 bits per heavy atom. The van der Waals surface area contributed by atoms with Gasteiger partial charge in [0.25, 0.3) is 0 Å². The smallest absolute Gasteiger partial charge is 0.234 e. The van der Waals surface area contributed by atoms with Crippen molar-refractivity contribution < 1.29 is 14.3 Å². The van der Waals surface area contributed by atoms with E-state index in [1.54, 1.807) is 30.6 Å². The number of carbonyl (C=O) groups is 1. The molecule has 0 spiro atoms. The summed E-state index contributed by atoms with van der Waals surface area (Å²) in [5.74, 6) is 1.08. The van der Waals surface area contributed by atoms with Crippen LogP contribution in [0.2, 0.25) is 0 Å². The molecule has 0 fully saturated rings. The second-order valence-corrected chi connectivity index (χ2v) is 9.36. The van der Waals surface area contributed by atoms with Gasteiger partial charge in [-0.1, -0.05) is 23.9 Å². The van der Waals surface area contributed by atoms with Crippen molar-refractivity contribution in [1.29, 1.82) is 0 Å². The topological polar surface area (TPSA) is 99.4 Å². The van der Waals surface area contributed by atoms with Gasteiger partial charge in [-0.2, -0.15) is 0 Å². The van der Waals surface area contributed by atoms with Gasteiger partial charge in [-0.25, -0.2) is 9.97 Å². The lowest BCUT2D eigenvalue weighted by Gasteiger charge is -2.30. The van der Waals surface area contributed by atoms with Gasteiger partial charge in [-0.3, -0.25) is 4.79 Å². The van der Waals surface area contributed by atoms with E-state index in [-0.39, 0.29) is 17.3 Å². The van der Waals surface area contributed by atoms with Gasteiger partial charge in [0, 0.05) is 11.3 Å². The van der Waals surface area contributed by atoms with Gasteiger partial charge in [0.1, 0.15) is 16.4 Å². The van der Waals surface area contributed by atoms with Gasteiger partial charge < -0.3 is 20.5 Å². The molecule has 0 saturated heterocycles. The Hall–Kier alpha value is -2.36. The molecule has 0 aliphatic carbocycles. The van der Waals surface area contributed by atoms with Gasteiger partial charge in [-0.05, 0) is 31.5 Å². The van der Waals surface area contributed by atoms with Crippen molar-refractivity contribution in [2.75, 3.05) is 23.9 Å². The average molecular weight is 431 g/mol. The van der Waals surface area contributed by atoms with Crippen molar-refractivity contribution in [3.63, 3.8) is 0 Å². The highest BCUT2D eigenvalue weighted by Gasteiger charge is 2.30. The van der Waals surface area contributed by atoms with Gasteiger partial charge >= 0.3 is 0 Å². The first-order chi connectivity index (χ1) is 13.9. The zero-order valence-corrected chi connectivity index (χ0v) is 18.1. The van der Waals surface area contributed by atoms with E-state index in [2.05, 4.69) is 29.1 Å². The fraction of sp³-hybridized carbons (Fsp3) is 0.350. The SMILES string of the molecule is COc1ccccc1NC(=O)CSc1nc(N)c2c3c(sc2n1)COC(C)(C)C3. The number of para-hydroxylation sites is 2. The van der Waals surface area contributed by atoms with E-state index < -0.39 is 0 Å². The predicted molar refractivity (Wildman–Crippen MR) is 117 cm³/mol. The Labute approximate surface area is 177 Å². The summed E-state index contributed by atoms with van der Waals surface area (Å²) in [6.45, 7) is 4.70. The van der Waals surface area contributed by atoms with Gasteiger partial charge in [0.2, 0.25) is 5.91 Å². The van der Waals surface area contributed by atoms with Crippen molar-refractivity contribution in [3.05, 3.63) is 34.7 Å². The number of fused-ring (bicyclic) bond motifs is 3. The maximum Gasteiger partial charge on any atom is 0.234 e. The molecule has 152 valence electrons. The molecule has 3 aromatic rings. The number of hydrogen-bond acceptors (Lipinski definition) is 8. The quantitative estimate of drug-likeness (QED) is 0.468. The lowest BCUT2D eigenvalue weighted by molar-refractivity contribution is -0.113. The molecular formula is C20H22N4O3S2. The van der Waals surface area contributed by atoms with Crippen LogP contribution >= 0.6 is 23.1 Å². The molecule has 3 heterocycles. The highest BCUT2D eigenvalue weighted by atomic mass is 32.2. The van der Waals surface area contributed by atoms with E-state index in [4.69, 9.17) is 15.2 Å². The number of amides is 1. The predicted octanol–water partition coefficient (Wildman–Crippen LogP) is 3.86. The number of nitrogens with two attached hydrogens (primary N) is 1. The number of ether oxygens (including phenoxy) is 2. The van der Waals surface area contributed by atoms with Crippen LogP contribution < -0.4 is 15.8 Å². The summed E-state index contributed by atoms with van der Waals surface area (Å²) in [7, 11) is 1.57. The lowest BCUT2D eigenvalue weighted by Crippen LogP contribution is -2.31. The number of thiophene rings is 1. The normalized spacial score (nSPS) is 15.1. The molecule has 1 amide bonds. The maximum atomic E-state index is 12.3. The minimum absolute atomic E-state index is 0.164. The molecule has 29 heavy (non-hydrogen) atoms. The fourth-order valence-corrected chi connectivity index (χ4v) is 5.10. The van der Waals surface area contributed by atoms with Crippen LogP contribution in [0.15, 0.2) is 29.4 Å². The third-order valence-electron chi connectivity index (χ3n) is 4.65. The Kier molecular flexibility index (Phi) is 5.37. The van der Waals surface area contributed by atoms with Crippen LogP contribution in [0.3, 0.4) is 0 Å². The third-order valence-corrected chi connectivity index (χ3v) is 6.60. The van der Waals surface area contributed by atoms with Crippen molar-refractivity contribution in [2.45, 2.75) is 37.6 Å². The van der Waals surface area contributed by atoms with Crippen LogP contribution in [-0.4, -0.2) is 34.3 Å². The first kappa shape index (κ1) is 19.9. The van der Waals surface area contributed by atoms with Gasteiger partial charge in [-0.15, -0.1) is 11.3 Å². The Bertz CT molecular complexity index is 1080. The summed E-state index contributed by atoms with van der Waals surface area (Å²) in [4.78, 5) is 23.4. The molecule has 3 N–H and O–H groups in total. The molecule has 0 atom stereocenters. The molecule has 1 aromatic carbocycles. The van der Waals surface area contributed by atoms with Crippen LogP contribution in [0.5, 0.6) is 5.75 Å². The number of nitrogens with one attached hydrogen (secondary N) is 1. The summed E-state index contributed by atoms with van der Waals surface area (Å²) in [5.41, 5.74) is 7.86. The van der Waals surface area contributed by atoms with Crippen LogP contribution in [0.1, 0.15) is 24.3 Å². The van der Waals surface area contributed by atoms with Crippen LogP contribution in [0.4, 0.5) is 11.5 Å². The number of methoxy groups -OCH3 is 1. The van der Waals surface area contributed by atoms with Gasteiger partial charge in [0.15, 0.2) is 5.16 Å². The Morgan fingerprint density at radius 3 is 2.97 bits per heavy atom. The highest BCUT2D eigenvalue weighted by molar-refractivity contribution is 7.99. The van der Waals surface area contributed by atoms with Crippen molar-refractivity contribution in [3.8, 4) is 5.75 Å². The fourth-order valence-electron chi connectivity index (χ4n) is 3.28. The van der Waals surface area contributed by atoms with E-state index in [1.165, 1.54) is 17.3 Å². The van der Waals surface area contributed by atoms with Crippen LogP contribution in [-0.2, 0) is 22.6 Å². The largest absolute Gasteiger partial charge is 0.495 e. The summed E-state index contributed by atoms with van der Waals surface area (Å²) >= 11 is 2.84. The monoisotopic (exact) mass is 430 g/mol. The van der Waals surface area contributed by atoms with E-state index in [0.29, 0.717) is 29.0 Å². The molecule has 1 aliphatic rings. The molecule has 0 bridgehead atoms. The number of carbonyl (C=O) groups excluding carboxylic acids is 1. The van der Waals surface area contributed by atoms with Crippen molar-refractivity contribution >= 4 is 50.7 Å². The molecule has 9 heteroatoms. The zero-order chi connectivity index (χ0) is 20.6. The minimum Gasteiger partial charge on any atom is -0.495 e. The molecule has 7 nitrogen and oxygen atoms in total. The van der Waals surface area contributed by atoms with E-state index in [1.807, 2.05) is 12.1 Å². The summed E-state index contributed by atoms with van der Waals surface area (Å²) in [5, 5.41) is 4.26. The number of nitrogens with zero attached hydrogens (tertiary/aromatic N) is 2. The second-order valence-electron chi connectivity index (χ2n) is 7.34. The summed E-state index contributed by atoms with van der Waals surface area (Å²) in [6.07, 6.45) is 0.781. The molecule has 0 radical (unpaired) electrons. The Morgan fingerprint density at radius 1 is 1.38 bits per heavy atom. The number of thioether (sulfide) groups is 1.